The van der Waals surface area contributed by atoms with Gasteiger partial charge in [-0.1, -0.05) is 48.2 Å². The first-order valence-corrected chi connectivity index (χ1v) is 12.4. The van der Waals surface area contributed by atoms with Crippen LogP contribution < -0.4 is 5.32 Å². The summed E-state index contributed by atoms with van der Waals surface area (Å²) in [6.45, 7) is 3.87. The second kappa shape index (κ2) is 9.41. The molecule has 7 heteroatoms. The average molecular weight is 499 g/mol. The van der Waals surface area contributed by atoms with E-state index in [9.17, 15) is 4.79 Å². The van der Waals surface area contributed by atoms with E-state index in [1.165, 1.54) is 0 Å². The maximum absolute atomic E-state index is 13.5. The van der Waals surface area contributed by atoms with Crippen LogP contribution in [-0.2, 0) is 7.05 Å². The standard InChI is InChI=1S/C31H26N6O/c1-21(33-31(38)29-22(2)34-36-17-8-7-14-27(29)36)28-18-25-11-9-10-24(16-15-23-19-32-35(3)20-23)30(25)37(28)26-12-5-4-6-13-26/h4-14,17-21H,1-3H3,(H,33,38)/t21-/m0/s1. The zero-order valence-electron chi connectivity index (χ0n) is 21.4. The molecule has 6 aromatic rings. The molecule has 0 aliphatic carbocycles. The van der Waals surface area contributed by atoms with Crippen molar-refractivity contribution in [2.75, 3.05) is 0 Å². The minimum atomic E-state index is -0.285. The molecule has 0 saturated carbocycles. The van der Waals surface area contributed by atoms with Gasteiger partial charge in [-0.25, -0.2) is 4.52 Å². The number of aromatic nitrogens is 5. The molecular formula is C31H26N6O. The number of nitrogens with zero attached hydrogens (tertiary/aromatic N) is 5. The van der Waals surface area contributed by atoms with Gasteiger partial charge < -0.3 is 9.88 Å². The number of rotatable bonds is 4. The minimum Gasteiger partial charge on any atom is -0.344 e. The number of nitrogens with one attached hydrogen (secondary N) is 1. The van der Waals surface area contributed by atoms with Crippen LogP contribution in [0, 0.1) is 18.8 Å². The van der Waals surface area contributed by atoms with Crippen LogP contribution >= 0.6 is 0 Å². The predicted molar refractivity (Wildman–Crippen MR) is 148 cm³/mol. The Morgan fingerprint density at radius 3 is 2.61 bits per heavy atom. The van der Waals surface area contributed by atoms with Gasteiger partial charge in [0.15, 0.2) is 0 Å². The van der Waals surface area contributed by atoms with Crippen molar-refractivity contribution < 1.29 is 4.79 Å². The lowest BCUT2D eigenvalue weighted by Gasteiger charge is -2.18. The number of aryl methyl sites for hydroxylation is 2. The topological polar surface area (TPSA) is 69.2 Å². The highest BCUT2D eigenvalue weighted by Gasteiger charge is 2.23. The third-order valence-electron chi connectivity index (χ3n) is 6.65. The Morgan fingerprint density at radius 1 is 1.00 bits per heavy atom. The maximum Gasteiger partial charge on any atom is 0.255 e. The van der Waals surface area contributed by atoms with E-state index in [0.29, 0.717) is 11.3 Å². The van der Waals surface area contributed by atoms with Gasteiger partial charge in [0, 0.05) is 41.8 Å². The van der Waals surface area contributed by atoms with Gasteiger partial charge >= 0.3 is 0 Å². The second-order valence-electron chi connectivity index (χ2n) is 9.32. The molecule has 0 spiro atoms. The molecule has 1 N–H and O–H groups in total. The number of hydrogen-bond acceptors (Lipinski definition) is 3. The van der Waals surface area contributed by atoms with Crippen LogP contribution in [0.4, 0.5) is 0 Å². The van der Waals surface area contributed by atoms with E-state index >= 15 is 0 Å². The van der Waals surface area contributed by atoms with Crippen molar-refractivity contribution in [3.05, 3.63) is 119 Å². The molecule has 6 rings (SSSR count). The number of carbonyl (C=O) groups is 1. The molecule has 38 heavy (non-hydrogen) atoms. The molecule has 0 unspecified atom stereocenters. The quantitative estimate of drug-likeness (QED) is 0.339. The fourth-order valence-electron chi connectivity index (χ4n) is 4.92. The van der Waals surface area contributed by atoms with Gasteiger partial charge in [-0.15, -0.1) is 0 Å². The number of amides is 1. The third-order valence-corrected chi connectivity index (χ3v) is 6.65. The van der Waals surface area contributed by atoms with E-state index in [4.69, 9.17) is 0 Å². The Balaban J connectivity index is 1.45. The fraction of sp³-hybridized carbons (Fsp3) is 0.129. The lowest BCUT2D eigenvalue weighted by Crippen LogP contribution is -2.28. The summed E-state index contributed by atoms with van der Waals surface area (Å²) >= 11 is 0. The second-order valence-corrected chi connectivity index (χ2v) is 9.32. The number of fused-ring (bicyclic) bond motifs is 2. The number of hydrogen-bond donors (Lipinski definition) is 1. The SMILES string of the molecule is Cc1nn2ccccc2c1C(=O)N[C@@H](C)c1cc2cccc(C#Cc3cnn(C)c3)c2n1-c1ccccc1. The first-order chi connectivity index (χ1) is 18.5. The molecule has 0 radical (unpaired) electrons. The molecular weight excluding hydrogens is 472 g/mol. The minimum absolute atomic E-state index is 0.155. The van der Waals surface area contributed by atoms with E-state index < -0.39 is 0 Å². The van der Waals surface area contributed by atoms with Gasteiger partial charge in [-0.05, 0) is 50.2 Å². The van der Waals surface area contributed by atoms with E-state index in [1.54, 1.807) is 15.4 Å². The smallest absolute Gasteiger partial charge is 0.255 e. The lowest BCUT2D eigenvalue weighted by atomic mass is 10.1. The summed E-state index contributed by atoms with van der Waals surface area (Å²) in [6.07, 6.45) is 5.51. The highest BCUT2D eigenvalue weighted by molar-refractivity contribution is 6.02. The molecule has 0 aliphatic rings. The van der Waals surface area contributed by atoms with Gasteiger partial charge in [0.05, 0.1) is 40.1 Å². The van der Waals surface area contributed by atoms with Crippen molar-refractivity contribution in [2.24, 2.45) is 7.05 Å². The Bertz CT molecular complexity index is 1860. The van der Waals surface area contributed by atoms with Gasteiger partial charge in [0.1, 0.15) is 0 Å². The summed E-state index contributed by atoms with van der Waals surface area (Å²) in [5, 5.41) is 13.0. The molecule has 0 fully saturated rings. The van der Waals surface area contributed by atoms with Gasteiger partial charge in [0.25, 0.3) is 5.91 Å². The van der Waals surface area contributed by atoms with Crippen LogP contribution in [0.3, 0.4) is 0 Å². The number of para-hydroxylation sites is 2. The van der Waals surface area contributed by atoms with Crippen LogP contribution in [0.1, 0.15) is 45.8 Å². The Hall–Kier alpha value is -5.09. The molecule has 1 amide bonds. The molecule has 0 bridgehead atoms. The van der Waals surface area contributed by atoms with E-state index in [1.807, 2.05) is 81.8 Å². The van der Waals surface area contributed by atoms with Crippen molar-refractivity contribution in [3.63, 3.8) is 0 Å². The van der Waals surface area contributed by atoms with Crippen LogP contribution in [-0.4, -0.2) is 29.9 Å². The molecule has 1 atom stereocenters. The van der Waals surface area contributed by atoms with Crippen LogP contribution in [0.15, 0.2) is 91.4 Å². The lowest BCUT2D eigenvalue weighted by molar-refractivity contribution is 0.0940. The van der Waals surface area contributed by atoms with Crippen molar-refractivity contribution >= 4 is 22.3 Å². The van der Waals surface area contributed by atoms with Crippen LogP contribution in [0.25, 0.3) is 22.1 Å². The Kier molecular flexibility index (Phi) is 5.78. The average Bonchev–Trinajstić information content (AvgIpc) is 3.62. The van der Waals surface area contributed by atoms with Crippen LogP contribution in [0.2, 0.25) is 0 Å². The Labute approximate surface area is 220 Å². The maximum atomic E-state index is 13.5. The van der Waals surface area contributed by atoms with Crippen LogP contribution in [0.5, 0.6) is 0 Å². The van der Waals surface area contributed by atoms with E-state index in [0.717, 1.165) is 38.9 Å². The largest absolute Gasteiger partial charge is 0.344 e. The molecule has 7 nitrogen and oxygen atoms in total. The van der Waals surface area contributed by atoms with Crippen molar-refractivity contribution in [1.82, 2.24) is 29.3 Å². The molecule has 4 heterocycles. The van der Waals surface area contributed by atoms with Gasteiger partial charge in [-0.3, -0.25) is 9.48 Å². The number of benzene rings is 2. The third kappa shape index (κ3) is 4.12. The Morgan fingerprint density at radius 2 is 1.82 bits per heavy atom. The molecule has 0 aliphatic heterocycles. The zero-order chi connectivity index (χ0) is 26.2. The predicted octanol–water partition coefficient (Wildman–Crippen LogP) is 5.21. The number of pyridine rings is 1. The van der Waals surface area contributed by atoms with Crippen molar-refractivity contribution in [2.45, 2.75) is 19.9 Å². The monoisotopic (exact) mass is 498 g/mol. The highest BCUT2D eigenvalue weighted by atomic mass is 16.1. The molecule has 186 valence electrons. The summed E-state index contributed by atoms with van der Waals surface area (Å²) in [7, 11) is 1.88. The summed E-state index contributed by atoms with van der Waals surface area (Å²) < 4.78 is 5.67. The van der Waals surface area contributed by atoms with E-state index in [2.05, 4.69) is 56.2 Å². The molecule has 2 aromatic carbocycles. The fourth-order valence-corrected chi connectivity index (χ4v) is 4.92. The van der Waals surface area contributed by atoms with Gasteiger partial charge in [0.2, 0.25) is 0 Å². The normalized spacial score (nSPS) is 11.9. The number of carbonyl (C=O) groups excluding carboxylic acids is 1. The van der Waals surface area contributed by atoms with Gasteiger partial charge in [-0.2, -0.15) is 10.2 Å². The summed E-state index contributed by atoms with van der Waals surface area (Å²) in [6, 6.07) is 23.9. The summed E-state index contributed by atoms with van der Waals surface area (Å²) in [5.41, 5.74) is 6.78. The molecule has 0 saturated heterocycles. The van der Waals surface area contributed by atoms with Crippen molar-refractivity contribution in [3.8, 4) is 17.5 Å². The summed E-state index contributed by atoms with van der Waals surface area (Å²) in [4.78, 5) is 13.5. The first kappa shape index (κ1) is 23.3. The highest BCUT2D eigenvalue weighted by Crippen LogP contribution is 2.31. The first-order valence-electron chi connectivity index (χ1n) is 12.4. The zero-order valence-corrected chi connectivity index (χ0v) is 21.4. The van der Waals surface area contributed by atoms with Crippen molar-refractivity contribution in [1.29, 1.82) is 0 Å². The van der Waals surface area contributed by atoms with E-state index in [-0.39, 0.29) is 11.9 Å². The summed E-state index contributed by atoms with van der Waals surface area (Å²) in [5.74, 6) is 6.43. The molecule has 4 aromatic heterocycles.